The van der Waals surface area contributed by atoms with Crippen molar-refractivity contribution in [2.24, 2.45) is 0 Å². The Morgan fingerprint density at radius 3 is 2.70 bits per heavy atom. The molecule has 2 aliphatic rings. The maximum atomic E-state index is 12.8. The minimum atomic E-state index is -0.0724. The predicted octanol–water partition coefficient (Wildman–Crippen LogP) is 2.62. The Labute approximate surface area is 160 Å². The molecule has 0 bridgehead atoms. The summed E-state index contributed by atoms with van der Waals surface area (Å²) >= 11 is 0. The summed E-state index contributed by atoms with van der Waals surface area (Å²) in [5.74, 6) is -0.0724. The van der Waals surface area contributed by atoms with Crippen molar-refractivity contribution < 1.29 is 4.79 Å². The fraction of sp³-hybridized carbons (Fsp3) is 0.571. The Kier molecular flexibility index (Phi) is 5.53. The molecule has 0 saturated heterocycles. The lowest BCUT2D eigenvalue weighted by Crippen LogP contribution is -2.40. The van der Waals surface area contributed by atoms with Gasteiger partial charge in [0.15, 0.2) is 5.69 Å². The van der Waals surface area contributed by atoms with Gasteiger partial charge in [-0.05, 0) is 56.7 Å². The van der Waals surface area contributed by atoms with Gasteiger partial charge in [0.2, 0.25) is 0 Å². The Bertz CT molecular complexity index is 779. The number of aryl methyl sites for hydroxylation is 1. The zero-order valence-corrected chi connectivity index (χ0v) is 16.1. The molecule has 1 unspecified atom stereocenters. The molecule has 2 aromatic rings. The molecule has 4 rings (SSSR count). The van der Waals surface area contributed by atoms with Crippen LogP contribution in [0.1, 0.15) is 66.3 Å². The predicted molar refractivity (Wildman–Crippen MR) is 105 cm³/mol. The molecule has 0 aromatic carbocycles. The molecule has 2 aromatic heterocycles. The van der Waals surface area contributed by atoms with E-state index in [1.165, 1.54) is 31.4 Å². The van der Waals surface area contributed by atoms with Crippen LogP contribution in [-0.4, -0.2) is 32.8 Å². The number of nitrogens with zero attached hydrogens (tertiary/aromatic N) is 3. The van der Waals surface area contributed by atoms with Gasteiger partial charge in [-0.1, -0.05) is 12.8 Å². The summed E-state index contributed by atoms with van der Waals surface area (Å²) in [4.78, 5) is 16.9. The Morgan fingerprint density at radius 2 is 1.96 bits per heavy atom. The van der Waals surface area contributed by atoms with E-state index in [1.54, 1.807) is 12.4 Å². The first kappa shape index (κ1) is 18.2. The van der Waals surface area contributed by atoms with E-state index in [9.17, 15) is 4.79 Å². The van der Waals surface area contributed by atoms with Crippen molar-refractivity contribution in [2.45, 2.75) is 77.0 Å². The Balaban J connectivity index is 1.48. The van der Waals surface area contributed by atoms with Gasteiger partial charge in [0, 0.05) is 48.8 Å². The fourth-order valence-corrected chi connectivity index (χ4v) is 4.47. The van der Waals surface area contributed by atoms with E-state index in [-0.39, 0.29) is 5.91 Å². The molecule has 6 heteroatoms. The van der Waals surface area contributed by atoms with E-state index in [1.807, 2.05) is 16.8 Å². The highest BCUT2D eigenvalue weighted by Gasteiger charge is 2.30. The lowest BCUT2D eigenvalue weighted by atomic mass is 9.90. The van der Waals surface area contributed by atoms with Gasteiger partial charge in [0.25, 0.3) is 5.91 Å². The molecule has 1 amide bonds. The molecular formula is C21H29N5O. The van der Waals surface area contributed by atoms with E-state index < -0.39 is 0 Å². The maximum absolute atomic E-state index is 12.8. The number of hydrogen-bond acceptors (Lipinski definition) is 4. The average Bonchev–Trinajstić information content (AvgIpc) is 3.34. The van der Waals surface area contributed by atoms with Gasteiger partial charge in [0.05, 0.1) is 0 Å². The number of aromatic nitrogens is 3. The van der Waals surface area contributed by atoms with Crippen molar-refractivity contribution in [2.75, 3.05) is 0 Å². The number of nitrogens with one attached hydrogen (secondary N) is 2. The van der Waals surface area contributed by atoms with Gasteiger partial charge < -0.3 is 10.6 Å². The van der Waals surface area contributed by atoms with E-state index in [4.69, 9.17) is 0 Å². The molecule has 27 heavy (non-hydrogen) atoms. The minimum Gasteiger partial charge on any atom is -0.347 e. The normalized spacial score (nSPS) is 19.8. The summed E-state index contributed by atoms with van der Waals surface area (Å²) in [6.07, 6.45) is 11.8. The molecule has 0 radical (unpaired) electrons. The molecule has 0 aliphatic heterocycles. The third kappa shape index (κ3) is 4.05. The lowest BCUT2D eigenvalue weighted by molar-refractivity contribution is 0.0944. The minimum absolute atomic E-state index is 0.0724. The highest BCUT2D eigenvalue weighted by atomic mass is 16.1. The molecule has 1 atom stereocenters. The van der Waals surface area contributed by atoms with Crippen LogP contribution in [0.2, 0.25) is 0 Å². The van der Waals surface area contributed by atoms with Crippen molar-refractivity contribution in [1.82, 2.24) is 25.4 Å². The summed E-state index contributed by atoms with van der Waals surface area (Å²) in [6.45, 7) is 3.40. The van der Waals surface area contributed by atoms with Crippen LogP contribution in [0, 0.1) is 0 Å². The van der Waals surface area contributed by atoms with Crippen LogP contribution in [0.25, 0.3) is 0 Å². The van der Waals surface area contributed by atoms with Gasteiger partial charge in [-0.25, -0.2) is 0 Å². The number of amides is 1. The zero-order chi connectivity index (χ0) is 18.6. The first-order chi connectivity index (χ1) is 13.2. The molecule has 0 spiro atoms. The zero-order valence-electron chi connectivity index (χ0n) is 16.1. The molecule has 1 fully saturated rings. The molecule has 144 valence electrons. The van der Waals surface area contributed by atoms with Gasteiger partial charge >= 0.3 is 0 Å². The lowest BCUT2D eigenvalue weighted by Gasteiger charge is -2.27. The molecular weight excluding hydrogens is 338 g/mol. The Morgan fingerprint density at radius 1 is 1.19 bits per heavy atom. The van der Waals surface area contributed by atoms with E-state index in [0.717, 1.165) is 36.9 Å². The summed E-state index contributed by atoms with van der Waals surface area (Å²) < 4.78 is 2.02. The van der Waals surface area contributed by atoms with Crippen molar-refractivity contribution in [1.29, 1.82) is 0 Å². The summed E-state index contributed by atoms with van der Waals surface area (Å²) in [7, 11) is 0. The average molecular weight is 367 g/mol. The van der Waals surface area contributed by atoms with Crippen LogP contribution in [0.3, 0.4) is 0 Å². The molecule has 6 nitrogen and oxygen atoms in total. The first-order valence-electron chi connectivity index (χ1n) is 10.3. The third-order valence-electron chi connectivity index (χ3n) is 5.89. The monoisotopic (exact) mass is 367 g/mol. The first-order valence-corrected chi connectivity index (χ1v) is 10.3. The Hall–Kier alpha value is -2.21. The number of carbonyl (C=O) groups is 1. The van der Waals surface area contributed by atoms with Crippen LogP contribution >= 0.6 is 0 Å². The van der Waals surface area contributed by atoms with E-state index >= 15 is 0 Å². The second-order valence-corrected chi connectivity index (χ2v) is 7.72. The number of pyridine rings is 1. The van der Waals surface area contributed by atoms with Crippen LogP contribution in [0.15, 0.2) is 24.5 Å². The third-order valence-corrected chi connectivity index (χ3v) is 5.89. The summed E-state index contributed by atoms with van der Waals surface area (Å²) in [5, 5.41) is 11.5. The van der Waals surface area contributed by atoms with Gasteiger partial charge in [-0.15, -0.1) is 0 Å². The van der Waals surface area contributed by atoms with Crippen LogP contribution < -0.4 is 10.6 Å². The van der Waals surface area contributed by atoms with Crippen molar-refractivity contribution >= 4 is 5.91 Å². The van der Waals surface area contributed by atoms with E-state index in [2.05, 4.69) is 27.6 Å². The molecule has 1 saturated carbocycles. The number of hydrogen-bond donors (Lipinski definition) is 2. The highest BCUT2D eigenvalue weighted by Crippen LogP contribution is 2.27. The van der Waals surface area contributed by atoms with Crippen LogP contribution in [-0.2, 0) is 25.9 Å². The van der Waals surface area contributed by atoms with Crippen molar-refractivity contribution in [3.05, 3.63) is 47.0 Å². The summed E-state index contributed by atoms with van der Waals surface area (Å²) in [5.41, 5.74) is 4.05. The number of rotatable bonds is 6. The molecule has 2 aliphatic carbocycles. The van der Waals surface area contributed by atoms with E-state index in [0.29, 0.717) is 24.3 Å². The molecule has 2 N–H and O–H groups in total. The molecule has 2 heterocycles. The highest BCUT2D eigenvalue weighted by molar-refractivity contribution is 5.94. The second kappa shape index (κ2) is 8.21. The van der Waals surface area contributed by atoms with Crippen molar-refractivity contribution in [3.63, 3.8) is 0 Å². The largest absolute Gasteiger partial charge is 0.347 e. The topological polar surface area (TPSA) is 71.8 Å². The smallest absolute Gasteiger partial charge is 0.272 e. The standard InChI is InChI=1S/C21H29N5O/c1-2-26-19-8-7-17(24-16-5-3-4-6-16)13-18(19)20(25-26)21(27)23-14-15-9-11-22-12-10-15/h9-12,16-17,24H,2-8,13-14H2,1H3,(H,23,27). The maximum Gasteiger partial charge on any atom is 0.272 e. The van der Waals surface area contributed by atoms with Gasteiger partial charge in [-0.3, -0.25) is 14.5 Å². The SMILES string of the molecule is CCn1nc(C(=O)NCc2ccncc2)c2c1CCC(NC1CCCC1)C2. The van der Waals surface area contributed by atoms with Gasteiger partial charge in [0.1, 0.15) is 0 Å². The second-order valence-electron chi connectivity index (χ2n) is 7.72. The van der Waals surface area contributed by atoms with Crippen molar-refractivity contribution in [3.8, 4) is 0 Å². The summed E-state index contributed by atoms with van der Waals surface area (Å²) in [6, 6.07) is 4.95. The fourth-order valence-electron chi connectivity index (χ4n) is 4.47. The van der Waals surface area contributed by atoms with Crippen LogP contribution in [0.5, 0.6) is 0 Å². The quantitative estimate of drug-likeness (QED) is 0.823. The number of fused-ring (bicyclic) bond motifs is 1. The van der Waals surface area contributed by atoms with Crippen LogP contribution in [0.4, 0.5) is 0 Å². The number of carbonyl (C=O) groups excluding carboxylic acids is 1. The van der Waals surface area contributed by atoms with Gasteiger partial charge in [-0.2, -0.15) is 5.10 Å².